The third kappa shape index (κ3) is 5.27. The van der Waals surface area contributed by atoms with Crippen molar-refractivity contribution in [3.63, 3.8) is 0 Å². The lowest BCUT2D eigenvalue weighted by Crippen LogP contribution is -2.36. The Balaban J connectivity index is 2.24. The summed E-state index contributed by atoms with van der Waals surface area (Å²) in [5, 5.41) is 10.7. The molecule has 162 valence electrons. The number of carbonyl (C=O) groups is 1. The first kappa shape index (κ1) is 24.0. The van der Waals surface area contributed by atoms with Crippen molar-refractivity contribution in [1.82, 2.24) is 0 Å². The molecule has 0 bridgehead atoms. The molecule has 2 atom stereocenters. The van der Waals surface area contributed by atoms with Gasteiger partial charge in [-0.05, 0) is 60.6 Å². The minimum atomic E-state index is -0.507. The van der Waals surface area contributed by atoms with Gasteiger partial charge in [-0.2, -0.15) is 0 Å². The summed E-state index contributed by atoms with van der Waals surface area (Å²) in [6.45, 7) is 15.2. The van der Waals surface area contributed by atoms with Gasteiger partial charge in [0.05, 0.1) is 6.10 Å². The van der Waals surface area contributed by atoms with Gasteiger partial charge in [0.15, 0.2) is 0 Å². The molecule has 0 radical (unpaired) electrons. The Morgan fingerprint density at radius 2 is 1.90 bits per heavy atom. The van der Waals surface area contributed by atoms with Crippen LogP contribution in [0.3, 0.4) is 0 Å². The standard InChI is InChI=1S/C25H38O3S/c1-8-25(9-2,23-15-18(4)21(29-23)12-13-26)19-10-11-20(17(3)14-19)28-16-22(27)24(5,6)7/h10-11,13-14,22-23,27H,8-9,12,15-16H2,1-7H3. The van der Waals surface area contributed by atoms with E-state index in [9.17, 15) is 9.90 Å². The second-order valence-corrected chi connectivity index (χ2v) is 10.7. The molecule has 4 heteroatoms. The van der Waals surface area contributed by atoms with Crippen LogP contribution in [-0.2, 0) is 10.2 Å². The third-order valence-electron chi connectivity index (χ3n) is 6.55. The van der Waals surface area contributed by atoms with Gasteiger partial charge in [0, 0.05) is 17.1 Å². The monoisotopic (exact) mass is 418 g/mol. The molecule has 0 aromatic heterocycles. The van der Waals surface area contributed by atoms with E-state index in [1.165, 1.54) is 16.0 Å². The Morgan fingerprint density at radius 1 is 1.24 bits per heavy atom. The maximum absolute atomic E-state index is 11.0. The minimum absolute atomic E-state index is 0.0742. The molecule has 3 nitrogen and oxygen atoms in total. The van der Waals surface area contributed by atoms with Crippen molar-refractivity contribution in [3.8, 4) is 5.75 Å². The summed E-state index contributed by atoms with van der Waals surface area (Å²) in [5.74, 6) is 0.841. The van der Waals surface area contributed by atoms with E-state index in [1.54, 1.807) is 0 Å². The predicted molar refractivity (Wildman–Crippen MR) is 124 cm³/mol. The molecule has 2 rings (SSSR count). The summed E-state index contributed by atoms with van der Waals surface area (Å²) in [6, 6.07) is 6.53. The molecule has 1 N–H and O–H groups in total. The van der Waals surface area contributed by atoms with Crippen molar-refractivity contribution in [2.24, 2.45) is 5.41 Å². The number of aldehydes is 1. The number of ether oxygens (including phenoxy) is 1. The minimum Gasteiger partial charge on any atom is -0.491 e. The number of aliphatic hydroxyl groups excluding tert-OH is 1. The number of carbonyl (C=O) groups excluding carboxylic acids is 1. The Kier molecular flexibility index (Phi) is 8.03. The highest BCUT2D eigenvalue weighted by Crippen LogP contribution is 2.51. The first-order valence-electron chi connectivity index (χ1n) is 10.8. The van der Waals surface area contributed by atoms with Gasteiger partial charge in [0.25, 0.3) is 0 Å². The van der Waals surface area contributed by atoms with E-state index in [2.05, 4.69) is 45.9 Å². The van der Waals surface area contributed by atoms with E-state index in [1.807, 2.05) is 32.5 Å². The van der Waals surface area contributed by atoms with Crippen LogP contribution in [-0.4, -0.2) is 29.4 Å². The van der Waals surface area contributed by atoms with Crippen LogP contribution >= 0.6 is 11.8 Å². The lowest BCUT2D eigenvalue weighted by atomic mass is 9.71. The summed E-state index contributed by atoms with van der Waals surface area (Å²) in [7, 11) is 0. The molecule has 0 saturated carbocycles. The van der Waals surface area contributed by atoms with Crippen LogP contribution in [0.15, 0.2) is 28.7 Å². The fraction of sp³-hybridized carbons (Fsp3) is 0.640. The number of hydrogen-bond acceptors (Lipinski definition) is 4. The second-order valence-electron chi connectivity index (χ2n) is 9.42. The largest absolute Gasteiger partial charge is 0.491 e. The fourth-order valence-corrected chi connectivity index (χ4v) is 5.97. The molecule has 2 unspecified atom stereocenters. The van der Waals surface area contributed by atoms with Crippen molar-refractivity contribution in [1.29, 1.82) is 0 Å². The molecule has 1 aliphatic rings. The van der Waals surface area contributed by atoms with Gasteiger partial charge in [-0.1, -0.05) is 52.3 Å². The van der Waals surface area contributed by atoms with Gasteiger partial charge in [0.2, 0.25) is 0 Å². The Labute approximate surface area is 181 Å². The zero-order valence-corrected chi connectivity index (χ0v) is 20.0. The lowest BCUT2D eigenvalue weighted by Gasteiger charge is -2.38. The van der Waals surface area contributed by atoms with Gasteiger partial charge in [0.1, 0.15) is 18.6 Å². The van der Waals surface area contributed by atoms with E-state index in [4.69, 9.17) is 4.74 Å². The van der Waals surface area contributed by atoms with Gasteiger partial charge in [-0.3, -0.25) is 0 Å². The average molecular weight is 419 g/mol. The maximum atomic E-state index is 11.0. The van der Waals surface area contributed by atoms with Crippen LogP contribution < -0.4 is 4.74 Å². The van der Waals surface area contributed by atoms with E-state index < -0.39 is 6.10 Å². The zero-order valence-electron chi connectivity index (χ0n) is 19.2. The van der Waals surface area contributed by atoms with Crippen LogP contribution in [0.1, 0.15) is 78.4 Å². The van der Waals surface area contributed by atoms with Crippen molar-refractivity contribution >= 4 is 18.0 Å². The van der Waals surface area contributed by atoms with E-state index >= 15 is 0 Å². The number of aryl methyl sites for hydroxylation is 1. The molecule has 1 aromatic rings. The number of aliphatic hydroxyl groups is 1. The van der Waals surface area contributed by atoms with Gasteiger partial charge in [-0.25, -0.2) is 0 Å². The van der Waals surface area contributed by atoms with Crippen LogP contribution in [0.25, 0.3) is 0 Å². The summed E-state index contributed by atoms with van der Waals surface area (Å²) in [6.07, 6.45) is 4.22. The quantitative estimate of drug-likeness (QED) is 0.485. The summed E-state index contributed by atoms with van der Waals surface area (Å²) in [5.41, 5.74) is 3.70. The van der Waals surface area contributed by atoms with Crippen molar-refractivity contribution in [2.75, 3.05) is 6.61 Å². The highest BCUT2D eigenvalue weighted by Gasteiger charge is 2.41. The second kappa shape index (κ2) is 9.70. The van der Waals surface area contributed by atoms with Crippen LogP contribution in [0.2, 0.25) is 0 Å². The molecule has 0 amide bonds. The summed E-state index contributed by atoms with van der Waals surface area (Å²) in [4.78, 5) is 12.3. The van der Waals surface area contributed by atoms with E-state index in [0.717, 1.165) is 36.9 Å². The number of thioether (sulfide) groups is 1. The van der Waals surface area contributed by atoms with Crippen molar-refractivity contribution < 1.29 is 14.6 Å². The van der Waals surface area contributed by atoms with Crippen LogP contribution in [0.4, 0.5) is 0 Å². The Hall–Kier alpha value is -1.26. The Bertz CT molecular complexity index is 741. The average Bonchev–Trinajstić information content (AvgIpc) is 3.02. The van der Waals surface area contributed by atoms with E-state index in [0.29, 0.717) is 18.3 Å². The molecule has 0 spiro atoms. The number of benzene rings is 1. The molecule has 1 aliphatic heterocycles. The number of rotatable bonds is 9. The molecular formula is C25H38O3S. The fourth-order valence-electron chi connectivity index (χ4n) is 4.15. The summed E-state index contributed by atoms with van der Waals surface area (Å²) < 4.78 is 5.95. The topological polar surface area (TPSA) is 46.5 Å². The number of hydrogen-bond donors (Lipinski definition) is 1. The smallest absolute Gasteiger partial charge is 0.124 e. The number of allylic oxidation sites excluding steroid dienone is 2. The van der Waals surface area contributed by atoms with E-state index in [-0.39, 0.29) is 10.8 Å². The first-order valence-corrected chi connectivity index (χ1v) is 11.7. The van der Waals surface area contributed by atoms with Crippen LogP contribution in [0, 0.1) is 12.3 Å². The summed E-state index contributed by atoms with van der Waals surface area (Å²) >= 11 is 1.91. The van der Waals surface area contributed by atoms with Gasteiger partial charge < -0.3 is 14.6 Å². The van der Waals surface area contributed by atoms with Gasteiger partial charge in [-0.15, -0.1) is 11.8 Å². The molecule has 29 heavy (non-hydrogen) atoms. The predicted octanol–water partition coefficient (Wildman–Crippen LogP) is 6.21. The normalized spacial score (nSPS) is 18.8. The SMILES string of the molecule is CCC(CC)(c1ccc(OCC(O)C(C)(C)C)c(C)c1)C1CC(C)=C(CC=O)S1. The third-order valence-corrected chi connectivity index (χ3v) is 8.25. The first-order chi connectivity index (χ1) is 13.6. The molecule has 0 saturated heterocycles. The molecular weight excluding hydrogens is 380 g/mol. The van der Waals surface area contributed by atoms with Crippen molar-refractivity contribution in [3.05, 3.63) is 39.8 Å². The molecule has 1 aromatic carbocycles. The van der Waals surface area contributed by atoms with Gasteiger partial charge >= 0.3 is 0 Å². The lowest BCUT2D eigenvalue weighted by molar-refractivity contribution is -0.107. The molecule has 0 fully saturated rings. The molecule has 0 aliphatic carbocycles. The Morgan fingerprint density at radius 3 is 2.41 bits per heavy atom. The zero-order chi connectivity index (χ0) is 21.8. The van der Waals surface area contributed by atoms with Crippen LogP contribution in [0.5, 0.6) is 5.75 Å². The molecule has 1 heterocycles. The highest BCUT2D eigenvalue weighted by atomic mass is 32.2. The van der Waals surface area contributed by atoms with Crippen molar-refractivity contribution in [2.45, 2.75) is 90.9 Å². The maximum Gasteiger partial charge on any atom is 0.124 e. The highest BCUT2D eigenvalue weighted by molar-refractivity contribution is 8.04.